The van der Waals surface area contributed by atoms with E-state index < -0.39 is 68.2 Å². The summed E-state index contributed by atoms with van der Waals surface area (Å²) in [6.07, 6.45) is -8.91. The molecular weight excluding hydrogens is 562 g/mol. The Labute approximate surface area is 210 Å². The number of hydrogen-bond acceptors (Lipinski definition) is 6. The van der Waals surface area contributed by atoms with Crippen LogP contribution in [0.4, 0.5) is 32.6 Å². The van der Waals surface area contributed by atoms with Crippen LogP contribution >= 0.6 is 10.2 Å². The summed E-state index contributed by atoms with van der Waals surface area (Å²) in [7, 11) is -10.2. The van der Waals surface area contributed by atoms with Crippen LogP contribution in [0.25, 0.3) is 6.08 Å². The molecule has 3 atom stereocenters. The zero-order chi connectivity index (χ0) is 28.7. The Hall–Kier alpha value is -3.02. The fraction of sp³-hybridized carbons (Fsp3) is 0.550. The van der Waals surface area contributed by atoms with Gasteiger partial charge in [0, 0.05) is 12.5 Å². The highest BCUT2D eigenvalue weighted by molar-refractivity contribution is 8.45. The topological polar surface area (TPSA) is 104 Å². The molecular formula is C20H24F8N3O6S+. The van der Waals surface area contributed by atoms with Crippen molar-refractivity contribution in [2.45, 2.75) is 62.6 Å². The summed E-state index contributed by atoms with van der Waals surface area (Å²) in [4.78, 5) is 15.1. The molecule has 1 aromatic carbocycles. The van der Waals surface area contributed by atoms with Crippen molar-refractivity contribution in [3.8, 4) is 5.75 Å². The van der Waals surface area contributed by atoms with E-state index in [2.05, 4.69) is 5.28 Å². The molecule has 216 valence electrons. The molecule has 38 heavy (non-hydrogen) atoms. The molecule has 1 aromatic rings. The number of aryl methyl sites for hydroxylation is 1. The van der Waals surface area contributed by atoms with Crippen LogP contribution < -0.4 is 4.74 Å². The van der Waals surface area contributed by atoms with Gasteiger partial charge in [0.15, 0.2) is 0 Å². The van der Waals surface area contributed by atoms with E-state index in [9.17, 15) is 47.7 Å². The van der Waals surface area contributed by atoms with Gasteiger partial charge in [-0.2, -0.15) is 13.2 Å². The lowest BCUT2D eigenvalue weighted by atomic mass is 9.98. The second-order valence-corrected chi connectivity index (χ2v) is 10.9. The highest BCUT2D eigenvalue weighted by Crippen LogP contribution is 3.02. The summed E-state index contributed by atoms with van der Waals surface area (Å²) < 4.78 is 118. The molecule has 1 fully saturated rings. The lowest BCUT2D eigenvalue weighted by molar-refractivity contribution is -0.944. The zero-order valence-corrected chi connectivity index (χ0v) is 20.6. The first-order chi connectivity index (χ1) is 17.2. The van der Waals surface area contributed by atoms with Crippen LogP contribution in [0.5, 0.6) is 5.75 Å². The molecule has 18 heteroatoms. The number of nitrogens with zero attached hydrogens (tertiary/aromatic N) is 3. The van der Waals surface area contributed by atoms with Gasteiger partial charge < -0.3 is 14.6 Å². The number of carbonyl (C=O) groups excluding carboxylic acids is 1. The predicted molar refractivity (Wildman–Crippen MR) is 114 cm³/mol. The molecule has 1 unspecified atom stereocenters. The maximum atomic E-state index is 13.7. The Morgan fingerprint density at radius 3 is 2.50 bits per heavy atom. The average molecular weight is 586 g/mol. The van der Waals surface area contributed by atoms with Gasteiger partial charge in [-0.3, -0.25) is 4.84 Å². The zero-order valence-electron chi connectivity index (χ0n) is 19.8. The molecule has 0 saturated carbocycles. The number of carbonyl (C=O) groups is 1. The van der Waals surface area contributed by atoms with Crippen molar-refractivity contribution in [2.24, 2.45) is 5.28 Å². The Morgan fingerprint density at radius 1 is 1.29 bits per heavy atom. The molecule has 0 bridgehead atoms. The first kappa shape index (κ1) is 29.5. The second-order valence-electron chi connectivity index (χ2n) is 8.53. The normalized spacial score (nSPS) is 23.0. The van der Waals surface area contributed by atoms with Crippen molar-refractivity contribution >= 4 is 22.3 Å². The SMILES string of the molecule is CCc1cc(S(F)(F)(F)(F)F)cc2c1O[C@H](C(F)(F)F)C(C(=O)OC(C)O/N=[N+](\O)N1CCC[C@H]1CO)=C2. The Balaban J connectivity index is 1.92. The number of hydrazine groups is 1. The number of alkyl halides is 3. The minimum Gasteiger partial charge on any atom is -0.475 e. The Bertz CT molecular complexity index is 1160. The van der Waals surface area contributed by atoms with Gasteiger partial charge in [-0.05, 0) is 43.0 Å². The number of aliphatic hydroxyl groups excluding tert-OH is 1. The van der Waals surface area contributed by atoms with Crippen LogP contribution in [0.1, 0.15) is 37.8 Å². The van der Waals surface area contributed by atoms with Crippen LogP contribution in [-0.4, -0.2) is 64.0 Å². The molecule has 0 spiro atoms. The smallest absolute Gasteiger partial charge is 0.430 e. The van der Waals surface area contributed by atoms with Crippen LogP contribution in [-0.2, 0) is 20.8 Å². The van der Waals surface area contributed by atoms with E-state index in [0.717, 1.165) is 6.92 Å². The number of rotatable bonds is 8. The standard InChI is InChI=1S/C20H24F8N3O6S/c1-3-12-7-15(38(24,25,26,27)28)8-13-9-16(18(20(21,22)23)36-17(12)13)19(33)35-11(2)37-29-31(34)30-6-4-5-14(30)10-32/h7-9,11,14,18,32H,3-6,10H2,1-2H3,(H,29,34)/q+1/t11?,14-,18-/m0/s1. The summed E-state index contributed by atoms with van der Waals surface area (Å²) in [5.41, 5.74) is -2.74. The summed E-state index contributed by atoms with van der Waals surface area (Å²) in [6, 6.07) is -0.570. The number of benzene rings is 1. The summed E-state index contributed by atoms with van der Waals surface area (Å²) >= 11 is 0. The van der Waals surface area contributed by atoms with Crippen molar-refractivity contribution < 1.29 is 67.0 Å². The number of fused-ring (bicyclic) bond motifs is 1. The number of ether oxygens (including phenoxy) is 2. The molecule has 0 aromatic heterocycles. The van der Waals surface area contributed by atoms with E-state index in [0.29, 0.717) is 18.9 Å². The van der Waals surface area contributed by atoms with Gasteiger partial charge in [0.2, 0.25) is 6.10 Å². The molecule has 1 saturated heterocycles. The van der Waals surface area contributed by atoms with Crippen LogP contribution in [0.3, 0.4) is 0 Å². The maximum Gasteiger partial charge on any atom is 0.430 e. The highest BCUT2D eigenvalue weighted by atomic mass is 32.5. The van der Waals surface area contributed by atoms with Gasteiger partial charge in [0.1, 0.15) is 16.7 Å². The highest BCUT2D eigenvalue weighted by Gasteiger charge is 2.66. The molecule has 2 aliphatic heterocycles. The van der Waals surface area contributed by atoms with Crippen molar-refractivity contribution in [1.29, 1.82) is 0 Å². The number of hydrogen-bond donors (Lipinski definition) is 2. The van der Waals surface area contributed by atoms with E-state index in [1.165, 1.54) is 11.9 Å². The predicted octanol–water partition coefficient (Wildman–Crippen LogP) is 5.66. The third kappa shape index (κ3) is 6.51. The van der Waals surface area contributed by atoms with Crippen LogP contribution in [0, 0.1) is 0 Å². The molecule has 0 amide bonds. The molecule has 9 nitrogen and oxygen atoms in total. The van der Waals surface area contributed by atoms with Gasteiger partial charge in [0.05, 0.1) is 18.7 Å². The summed E-state index contributed by atoms with van der Waals surface area (Å²) in [5.74, 6) is -2.49. The number of esters is 1. The monoisotopic (exact) mass is 586 g/mol. The third-order valence-corrected chi connectivity index (χ3v) is 6.81. The van der Waals surface area contributed by atoms with Crippen LogP contribution in [0.15, 0.2) is 27.9 Å². The van der Waals surface area contributed by atoms with E-state index in [1.54, 1.807) is 0 Å². The first-order valence-corrected chi connectivity index (χ1v) is 13.0. The van der Waals surface area contributed by atoms with E-state index >= 15 is 0 Å². The number of halogens is 8. The van der Waals surface area contributed by atoms with Gasteiger partial charge in [0.25, 0.3) is 16.5 Å². The van der Waals surface area contributed by atoms with E-state index in [-0.39, 0.29) is 36.7 Å². The van der Waals surface area contributed by atoms with Gasteiger partial charge in [-0.1, -0.05) is 26.4 Å². The Kier molecular flexibility index (Phi) is 7.24. The molecule has 3 rings (SSSR count). The lowest BCUT2D eigenvalue weighted by Crippen LogP contribution is -2.41. The fourth-order valence-corrected chi connectivity index (χ4v) is 4.61. The average Bonchev–Trinajstić information content (AvgIpc) is 3.27. The van der Waals surface area contributed by atoms with Crippen molar-refractivity contribution in [1.82, 2.24) is 5.01 Å². The quantitative estimate of drug-likeness (QED) is 0.101. The molecule has 2 heterocycles. The lowest BCUT2D eigenvalue weighted by Gasteiger charge is -2.41. The van der Waals surface area contributed by atoms with Crippen LogP contribution in [0.2, 0.25) is 0 Å². The van der Waals surface area contributed by atoms with Crippen molar-refractivity contribution in [2.75, 3.05) is 13.2 Å². The third-order valence-electron chi connectivity index (χ3n) is 5.68. The van der Waals surface area contributed by atoms with Gasteiger partial charge in [-0.25, -0.2) is 10.0 Å². The largest absolute Gasteiger partial charge is 0.475 e. The number of aliphatic hydroxyl groups is 1. The molecule has 2 N–H and O–H groups in total. The molecule has 2 aliphatic rings. The molecule has 0 aliphatic carbocycles. The Morgan fingerprint density at radius 2 is 1.95 bits per heavy atom. The van der Waals surface area contributed by atoms with Crippen molar-refractivity contribution in [3.05, 3.63) is 28.8 Å². The van der Waals surface area contributed by atoms with Gasteiger partial charge >= 0.3 is 22.4 Å². The second kappa shape index (κ2) is 9.32. The van der Waals surface area contributed by atoms with E-state index in [4.69, 9.17) is 14.3 Å². The minimum absolute atomic E-state index is 0.0186. The first-order valence-electron chi connectivity index (χ1n) is 11.0. The van der Waals surface area contributed by atoms with Gasteiger partial charge in [-0.15, -0.1) is 5.01 Å². The maximum absolute atomic E-state index is 13.7. The van der Waals surface area contributed by atoms with Crippen molar-refractivity contribution in [3.63, 3.8) is 0 Å². The summed E-state index contributed by atoms with van der Waals surface area (Å²) in [5, 5.41) is 23.6. The fourth-order valence-electron chi connectivity index (χ4n) is 3.89. The minimum atomic E-state index is -10.2. The van der Waals surface area contributed by atoms with E-state index in [1.807, 2.05) is 0 Å². The summed E-state index contributed by atoms with van der Waals surface area (Å²) in [6.45, 7) is 2.18. The molecule has 0 radical (unpaired) electrons.